The minimum absolute atomic E-state index is 0.0974. The molecule has 0 aliphatic carbocycles. The maximum absolute atomic E-state index is 12.5. The fourth-order valence-corrected chi connectivity index (χ4v) is 2.76. The Kier molecular flexibility index (Phi) is 4.07. The predicted octanol–water partition coefficient (Wildman–Crippen LogP) is 3.23. The number of benzene rings is 2. The van der Waals surface area contributed by atoms with Gasteiger partial charge < -0.3 is 10.2 Å². The van der Waals surface area contributed by atoms with Gasteiger partial charge in [0.1, 0.15) is 11.6 Å². The van der Waals surface area contributed by atoms with Crippen LogP contribution in [0.25, 0.3) is 5.57 Å². The number of nitrogens with one attached hydrogen (secondary N) is 1. The fraction of sp³-hybridized carbons (Fsp3) is 0.0556. The Balaban J connectivity index is 2.07. The molecule has 0 saturated heterocycles. The molecular weight excluding hydrogens is 326 g/mol. The average molecular weight is 338 g/mol. The van der Waals surface area contributed by atoms with Gasteiger partial charge in [0.05, 0.1) is 22.0 Å². The van der Waals surface area contributed by atoms with E-state index in [1.165, 1.54) is 4.90 Å². The lowest BCUT2D eigenvalue weighted by molar-refractivity contribution is -0.114. The highest BCUT2D eigenvalue weighted by Crippen LogP contribution is 2.37. The fourth-order valence-electron chi connectivity index (χ4n) is 2.58. The molecule has 1 aliphatic rings. The van der Waals surface area contributed by atoms with E-state index < -0.39 is 5.91 Å². The molecule has 0 fully saturated rings. The lowest BCUT2D eigenvalue weighted by Crippen LogP contribution is -2.23. The second kappa shape index (κ2) is 6.19. The standard InChI is InChI=1S/C18H12ClN3O2/c1-22-15-9-5-2-6-11(15)16(18(22)24)12(10-20)17(23)21-14-8-4-3-7-13(14)19/h2-9H,1H3,(H,21,23). The van der Waals surface area contributed by atoms with Crippen molar-refractivity contribution in [3.05, 3.63) is 64.7 Å². The number of nitriles is 1. The van der Waals surface area contributed by atoms with Crippen molar-refractivity contribution in [3.63, 3.8) is 0 Å². The van der Waals surface area contributed by atoms with Gasteiger partial charge in [0, 0.05) is 12.6 Å². The number of amides is 2. The van der Waals surface area contributed by atoms with Gasteiger partial charge in [0.25, 0.3) is 11.8 Å². The first-order chi connectivity index (χ1) is 11.5. The number of anilines is 2. The molecule has 6 heteroatoms. The Morgan fingerprint density at radius 2 is 1.83 bits per heavy atom. The van der Waals surface area contributed by atoms with Gasteiger partial charge in [-0.25, -0.2) is 0 Å². The first-order valence-corrected chi connectivity index (χ1v) is 7.50. The molecule has 1 aliphatic heterocycles. The zero-order valence-electron chi connectivity index (χ0n) is 12.7. The van der Waals surface area contributed by atoms with E-state index in [1.54, 1.807) is 55.6 Å². The van der Waals surface area contributed by atoms with Crippen molar-refractivity contribution in [2.24, 2.45) is 0 Å². The van der Waals surface area contributed by atoms with Crippen LogP contribution in [0.4, 0.5) is 11.4 Å². The lowest BCUT2D eigenvalue weighted by Gasteiger charge is -2.09. The van der Waals surface area contributed by atoms with Gasteiger partial charge in [-0.3, -0.25) is 9.59 Å². The number of para-hydroxylation sites is 2. The van der Waals surface area contributed by atoms with Crippen molar-refractivity contribution in [2.45, 2.75) is 0 Å². The van der Waals surface area contributed by atoms with Gasteiger partial charge in [-0.1, -0.05) is 41.9 Å². The number of hydrogen-bond acceptors (Lipinski definition) is 3. The summed E-state index contributed by atoms with van der Waals surface area (Å²) in [5.74, 6) is -1.05. The number of fused-ring (bicyclic) bond motifs is 1. The molecule has 1 heterocycles. The summed E-state index contributed by atoms with van der Waals surface area (Å²) in [7, 11) is 1.61. The zero-order valence-corrected chi connectivity index (χ0v) is 13.5. The van der Waals surface area contributed by atoms with Crippen LogP contribution in [0.15, 0.2) is 54.1 Å². The van der Waals surface area contributed by atoms with Crippen molar-refractivity contribution < 1.29 is 9.59 Å². The van der Waals surface area contributed by atoms with Crippen molar-refractivity contribution in [1.29, 1.82) is 5.26 Å². The van der Waals surface area contributed by atoms with Crippen molar-refractivity contribution in [1.82, 2.24) is 0 Å². The third-order valence-electron chi connectivity index (χ3n) is 3.76. The highest BCUT2D eigenvalue weighted by atomic mass is 35.5. The van der Waals surface area contributed by atoms with Crippen LogP contribution in [0.5, 0.6) is 0 Å². The summed E-state index contributed by atoms with van der Waals surface area (Å²) < 4.78 is 0. The minimum Gasteiger partial charge on any atom is -0.320 e. The Hall–Kier alpha value is -3.10. The van der Waals surface area contributed by atoms with Gasteiger partial charge in [-0.15, -0.1) is 0 Å². The number of halogens is 1. The largest absolute Gasteiger partial charge is 0.320 e. The van der Waals surface area contributed by atoms with Crippen LogP contribution in [0, 0.1) is 11.3 Å². The van der Waals surface area contributed by atoms with Crippen LogP contribution in [0.2, 0.25) is 5.02 Å². The quantitative estimate of drug-likeness (QED) is 0.675. The molecule has 0 saturated carbocycles. The molecule has 0 aromatic heterocycles. The normalized spacial score (nSPS) is 14.9. The van der Waals surface area contributed by atoms with Gasteiger partial charge in [0.2, 0.25) is 0 Å². The molecule has 0 bridgehead atoms. The van der Waals surface area contributed by atoms with Crippen LogP contribution >= 0.6 is 11.6 Å². The van der Waals surface area contributed by atoms with Crippen LogP contribution in [0.1, 0.15) is 5.56 Å². The highest BCUT2D eigenvalue weighted by molar-refractivity contribution is 6.38. The summed E-state index contributed by atoms with van der Waals surface area (Å²) in [6, 6.07) is 15.6. The second-order valence-corrected chi connectivity index (χ2v) is 5.58. The first kappa shape index (κ1) is 15.8. The first-order valence-electron chi connectivity index (χ1n) is 7.12. The van der Waals surface area contributed by atoms with Crippen molar-refractivity contribution in [3.8, 4) is 6.07 Å². The summed E-state index contributed by atoms with van der Waals surface area (Å²) in [5, 5.41) is 12.4. The second-order valence-electron chi connectivity index (χ2n) is 5.18. The van der Waals surface area contributed by atoms with E-state index in [-0.39, 0.29) is 17.1 Å². The third-order valence-corrected chi connectivity index (χ3v) is 4.09. The van der Waals surface area contributed by atoms with Gasteiger partial charge in [0.15, 0.2) is 0 Å². The lowest BCUT2D eigenvalue weighted by atomic mass is 10.0. The number of carbonyl (C=O) groups excluding carboxylic acids is 2. The van der Waals surface area contributed by atoms with Gasteiger partial charge in [-0.2, -0.15) is 5.26 Å². The van der Waals surface area contributed by atoms with Crippen LogP contribution in [0.3, 0.4) is 0 Å². The van der Waals surface area contributed by atoms with E-state index in [0.717, 1.165) is 0 Å². The molecule has 0 atom stereocenters. The monoisotopic (exact) mass is 337 g/mol. The number of rotatable bonds is 2. The summed E-state index contributed by atoms with van der Waals surface area (Å²) in [6.07, 6.45) is 0. The van der Waals surface area contributed by atoms with E-state index in [2.05, 4.69) is 5.32 Å². The van der Waals surface area contributed by atoms with Gasteiger partial charge in [-0.05, 0) is 18.2 Å². The van der Waals surface area contributed by atoms with Crippen LogP contribution < -0.4 is 10.2 Å². The molecule has 2 amide bonds. The maximum atomic E-state index is 12.5. The van der Waals surface area contributed by atoms with E-state index >= 15 is 0 Å². The molecule has 3 rings (SSSR count). The summed E-state index contributed by atoms with van der Waals surface area (Å²) in [5.41, 5.74) is 1.47. The minimum atomic E-state index is -0.668. The van der Waals surface area contributed by atoms with E-state index in [0.29, 0.717) is 22.0 Å². The average Bonchev–Trinajstić information content (AvgIpc) is 2.83. The Morgan fingerprint density at radius 1 is 1.17 bits per heavy atom. The van der Waals surface area contributed by atoms with E-state index in [1.807, 2.05) is 6.07 Å². The molecule has 2 aromatic rings. The smallest absolute Gasteiger partial charge is 0.267 e. The Labute approximate surface area is 143 Å². The molecule has 118 valence electrons. The summed E-state index contributed by atoms with van der Waals surface area (Å²) >= 11 is 6.02. The molecule has 24 heavy (non-hydrogen) atoms. The molecule has 2 aromatic carbocycles. The SMILES string of the molecule is CN1C(=O)C(=C(C#N)C(=O)Nc2ccccc2Cl)c2ccccc21. The zero-order chi connectivity index (χ0) is 17.3. The Bertz CT molecular complexity index is 928. The van der Waals surface area contributed by atoms with Crippen molar-refractivity contribution in [2.75, 3.05) is 17.3 Å². The highest BCUT2D eigenvalue weighted by Gasteiger charge is 2.34. The number of hydrogen-bond donors (Lipinski definition) is 1. The Morgan fingerprint density at radius 3 is 2.54 bits per heavy atom. The summed E-state index contributed by atoms with van der Waals surface area (Å²) in [6.45, 7) is 0. The molecule has 0 unspecified atom stereocenters. The molecule has 0 spiro atoms. The van der Waals surface area contributed by atoms with Crippen molar-refractivity contribution >= 4 is 40.4 Å². The molecular formula is C18H12ClN3O2. The number of nitrogens with zero attached hydrogens (tertiary/aromatic N) is 2. The molecule has 1 N–H and O–H groups in total. The van der Waals surface area contributed by atoms with Crippen LogP contribution in [-0.4, -0.2) is 18.9 Å². The predicted molar refractivity (Wildman–Crippen MR) is 92.5 cm³/mol. The maximum Gasteiger partial charge on any atom is 0.267 e. The summed E-state index contributed by atoms with van der Waals surface area (Å²) in [4.78, 5) is 26.4. The van der Waals surface area contributed by atoms with Gasteiger partial charge >= 0.3 is 0 Å². The topological polar surface area (TPSA) is 73.2 Å². The molecule has 0 radical (unpaired) electrons. The number of likely N-dealkylation sites (N-methyl/N-ethyl adjacent to an activating group) is 1. The number of carbonyl (C=O) groups is 2. The molecule has 5 nitrogen and oxygen atoms in total. The third kappa shape index (κ3) is 2.53. The van der Waals surface area contributed by atoms with E-state index in [4.69, 9.17) is 11.6 Å². The van der Waals surface area contributed by atoms with E-state index in [9.17, 15) is 14.9 Å². The van der Waals surface area contributed by atoms with Crippen LogP contribution in [-0.2, 0) is 9.59 Å².